The minimum atomic E-state index is -0.725. The molecule has 1 heterocycles. The molecule has 0 bridgehead atoms. The van der Waals surface area contributed by atoms with E-state index in [0.29, 0.717) is 42.4 Å². The number of rotatable bonds is 9. The summed E-state index contributed by atoms with van der Waals surface area (Å²) < 4.78 is 16.3. The third-order valence-corrected chi connectivity index (χ3v) is 5.33. The Morgan fingerprint density at radius 3 is 2.25 bits per heavy atom. The highest BCUT2D eigenvalue weighted by Crippen LogP contribution is 2.42. The highest BCUT2D eigenvalue weighted by molar-refractivity contribution is 6.46. The van der Waals surface area contributed by atoms with E-state index in [0.717, 1.165) is 6.42 Å². The maximum Gasteiger partial charge on any atom is 0.295 e. The lowest BCUT2D eigenvalue weighted by molar-refractivity contribution is -0.139. The van der Waals surface area contributed by atoms with Crippen LogP contribution in [0.15, 0.2) is 48.0 Å². The third-order valence-electron chi connectivity index (χ3n) is 5.33. The minimum absolute atomic E-state index is 0.0252. The van der Waals surface area contributed by atoms with E-state index in [1.807, 2.05) is 38.1 Å². The molecule has 3 rings (SSSR count). The van der Waals surface area contributed by atoms with Crippen LogP contribution in [0.25, 0.3) is 5.76 Å². The quantitative estimate of drug-likeness (QED) is 0.356. The molecule has 2 aromatic carbocycles. The number of hydrogen-bond donors (Lipinski definition) is 1. The van der Waals surface area contributed by atoms with Crippen molar-refractivity contribution in [3.8, 4) is 17.2 Å². The predicted octanol–water partition coefficient (Wildman–Crippen LogP) is 4.32. The average Bonchev–Trinajstić information content (AvgIpc) is 3.07. The van der Waals surface area contributed by atoms with Crippen LogP contribution in [0.5, 0.6) is 17.2 Å². The molecule has 1 unspecified atom stereocenters. The van der Waals surface area contributed by atoms with Crippen molar-refractivity contribution >= 4 is 17.4 Å². The molecule has 1 atom stereocenters. The van der Waals surface area contributed by atoms with Crippen molar-refractivity contribution in [2.24, 2.45) is 0 Å². The number of hydrogen-bond acceptors (Lipinski definition) is 6. The highest BCUT2D eigenvalue weighted by Gasteiger charge is 2.46. The first-order valence-electron chi connectivity index (χ1n) is 10.7. The topological polar surface area (TPSA) is 85.3 Å². The second-order valence-electron chi connectivity index (χ2n) is 7.48. The van der Waals surface area contributed by atoms with Gasteiger partial charge in [-0.3, -0.25) is 9.59 Å². The first kappa shape index (κ1) is 23.2. The average molecular weight is 440 g/mol. The van der Waals surface area contributed by atoms with Crippen molar-refractivity contribution in [2.45, 2.75) is 32.7 Å². The first-order valence-corrected chi connectivity index (χ1v) is 10.7. The molecule has 0 aromatic heterocycles. The van der Waals surface area contributed by atoms with Gasteiger partial charge in [0.25, 0.3) is 11.7 Å². The van der Waals surface area contributed by atoms with Crippen molar-refractivity contribution in [3.05, 3.63) is 59.2 Å². The normalized spacial score (nSPS) is 17.5. The molecule has 0 radical (unpaired) electrons. The van der Waals surface area contributed by atoms with Gasteiger partial charge in [-0.05, 0) is 48.7 Å². The molecule has 7 heteroatoms. The van der Waals surface area contributed by atoms with Gasteiger partial charge in [0.15, 0.2) is 0 Å². The van der Waals surface area contributed by atoms with Gasteiger partial charge >= 0.3 is 0 Å². The summed E-state index contributed by atoms with van der Waals surface area (Å²) in [5.41, 5.74) is 1.02. The van der Waals surface area contributed by atoms with Crippen LogP contribution in [0.2, 0.25) is 0 Å². The summed E-state index contributed by atoms with van der Waals surface area (Å²) in [5.74, 6) is -0.0913. The summed E-state index contributed by atoms with van der Waals surface area (Å²) >= 11 is 0. The molecule has 1 N–H and O–H groups in total. The Bertz CT molecular complexity index is 1010. The standard InChI is InChI=1S/C25H29NO6/c1-5-13-26-22(16-7-9-17(10-8-16)32-14-6-2)21(24(28)25(26)29)23(27)19-15-18(30-3)11-12-20(19)31-4/h7-12,15,22,27H,5-6,13-14H2,1-4H3/b23-21+. The molecule has 1 saturated heterocycles. The van der Waals surface area contributed by atoms with Crippen molar-refractivity contribution in [1.29, 1.82) is 0 Å². The molecule has 1 aliphatic rings. The first-order chi connectivity index (χ1) is 15.5. The molecular weight excluding hydrogens is 410 g/mol. The number of benzene rings is 2. The van der Waals surface area contributed by atoms with Crippen LogP contribution in [0, 0.1) is 0 Å². The van der Waals surface area contributed by atoms with Crippen molar-refractivity contribution in [3.63, 3.8) is 0 Å². The summed E-state index contributed by atoms with van der Waals surface area (Å²) in [6.45, 7) is 4.95. The van der Waals surface area contributed by atoms with Crippen LogP contribution >= 0.6 is 0 Å². The number of carbonyl (C=O) groups is 2. The van der Waals surface area contributed by atoms with Crippen molar-refractivity contribution in [1.82, 2.24) is 4.90 Å². The molecule has 7 nitrogen and oxygen atoms in total. The van der Waals surface area contributed by atoms with E-state index in [1.54, 1.807) is 18.2 Å². The summed E-state index contributed by atoms with van der Waals surface area (Å²) in [4.78, 5) is 27.4. The number of methoxy groups -OCH3 is 2. The fourth-order valence-corrected chi connectivity index (χ4v) is 3.81. The second kappa shape index (κ2) is 10.2. The van der Waals surface area contributed by atoms with Crippen LogP contribution in [-0.4, -0.2) is 49.1 Å². The SMILES string of the molecule is CCCOc1ccc(C2/C(=C(\O)c3cc(OC)ccc3OC)C(=O)C(=O)N2CCC)cc1. The molecule has 1 fully saturated rings. The number of likely N-dealkylation sites (tertiary alicyclic amines) is 1. The van der Waals surface area contributed by atoms with Crippen LogP contribution < -0.4 is 14.2 Å². The molecule has 0 saturated carbocycles. The molecular formula is C25H29NO6. The lowest BCUT2D eigenvalue weighted by Crippen LogP contribution is -2.30. The molecule has 1 aliphatic heterocycles. The second-order valence-corrected chi connectivity index (χ2v) is 7.48. The molecule has 2 aromatic rings. The molecule has 170 valence electrons. The van der Waals surface area contributed by atoms with Crippen LogP contribution in [0.3, 0.4) is 0 Å². The summed E-state index contributed by atoms with van der Waals surface area (Å²) in [6, 6.07) is 11.5. The van der Waals surface area contributed by atoms with Gasteiger partial charge < -0.3 is 24.2 Å². The summed E-state index contributed by atoms with van der Waals surface area (Å²) in [5, 5.41) is 11.2. The molecule has 1 amide bonds. The van der Waals surface area contributed by atoms with E-state index in [1.165, 1.54) is 19.1 Å². The number of aliphatic hydroxyl groups excluding tert-OH is 1. The number of ketones is 1. The fourth-order valence-electron chi connectivity index (χ4n) is 3.81. The zero-order chi connectivity index (χ0) is 23.3. The van der Waals surface area contributed by atoms with E-state index >= 15 is 0 Å². The number of ether oxygens (including phenoxy) is 3. The van der Waals surface area contributed by atoms with Gasteiger partial charge in [0, 0.05) is 6.54 Å². The largest absolute Gasteiger partial charge is 0.507 e. The van der Waals surface area contributed by atoms with Crippen LogP contribution in [-0.2, 0) is 9.59 Å². The minimum Gasteiger partial charge on any atom is -0.507 e. The summed E-state index contributed by atoms with van der Waals surface area (Å²) in [6.07, 6.45) is 1.56. The van der Waals surface area contributed by atoms with Gasteiger partial charge in [0.05, 0.1) is 38.0 Å². The van der Waals surface area contributed by atoms with Gasteiger partial charge in [0.1, 0.15) is 23.0 Å². The van der Waals surface area contributed by atoms with Gasteiger partial charge in [-0.1, -0.05) is 26.0 Å². The van der Waals surface area contributed by atoms with E-state index in [-0.39, 0.29) is 16.9 Å². The van der Waals surface area contributed by atoms with Crippen LogP contribution in [0.1, 0.15) is 43.9 Å². The van der Waals surface area contributed by atoms with Gasteiger partial charge in [0.2, 0.25) is 0 Å². The summed E-state index contributed by atoms with van der Waals surface area (Å²) in [7, 11) is 2.98. The highest BCUT2D eigenvalue weighted by atomic mass is 16.5. The van der Waals surface area contributed by atoms with E-state index in [9.17, 15) is 14.7 Å². The molecule has 0 spiro atoms. The van der Waals surface area contributed by atoms with Crippen LogP contribution in [0.4, 0.5) is 0 Å². The van der Waals surface area contributed by atoms with Gasteiger partial charge in [-0.2, -0.15) is 0 Å². The smallest absolute Gasteiger partial charge is 0.295 e. The zero-order valence-electron chi connectivity index (χ0n) is 18.9. The monoisotopic (exact) mass is 439 g/mol. The Kier molecular flexibility index (Phi) is 7.41. The molecule has 0 aliphatic carbocycles. The number of amides is 1. The fraction of sp³-hybridized carbons (Fsp3) is 0.360. The van der Waals surface area contributed by atoms with Gasteiger partial charge in [-0.25, -0.2) is 0 Å². The van der Waals surface area contributed by atoms with Crippen molar-refractivity contribution in [2.75, 3.05) is 27.4 Å². The van der Waals surface area contributed by atoms with Crippen molar-refractivity contribution < 1.29 is 28.9 Å². The van der Waals surface area contributed by atoms with Gasteiger partial charge in [-0.15, -0.1) is 0 Å². The number of carbonyl (C=O) groups excluding carboxylic acids is 2. The molecule has 32 heavy (non-hydrogen) atoms. The number of aliphatic hydroxyl groups is 1. The van der Waals surface area contributed by atoms with E-state index in [4.69, 9.17) is 14.2 Å². The maximum atomic E-state index is 13.0. The lowest BCUT2D eigenvalue weighted by atomic mass is 9.94. The Morgan fingerprint density at radius 2 is 1.66 bits per heavy atom. The Balaban J connectivity index is 2.15. The Labute approximate surface area is 188 Å². The lowest BCUT2D eigenvalue weighted by Gasteiger charge is -2.25. The number of Topliss-reactive ketones (excluding diaryl/α,β-unsaturated/α-hetero) is 1. The predicted molar refractivity (Wildman–Crippen MR) is 121 cm³/mol. The van der Waals surface area contributed by atoms with E-state index < -0.39 is 17.7 Å². The van der Waals surface area contributed by atoms with E-state index in [2.05, 4.69) is 0 Å². The Hall–Kier alpha value is -3.48. The Morgan fingerprint density at radius 1 is 0.969 bits per heavy atom. The number of nitrogens with zero attached hydrogens (tertiary/aromatic N) is 1. The third kappa shape index (κ3) is 4.42. The maximum absolute atomic E-state index is 13.0. The zero-order valence-corrected chi connectivity index (χ0v) is 18.9.